The van der Waals surface area contributed by atoms with Crippen LogP contribution < -0.4 is 9.47 Å². The van der Waals surface area contributed by atoms with Crippen LogP contribution in [0.4, 0.5) is 0 Å². The first-order valence-corrected chi connectivity index (χ1v) is 6.91. The van der Waals surface area contributed by atoms with Crippen LogP contribution in [0.3, 0.4) is 0 Å². The number of carbonyl (C=O) groups excluding carboxylic acids is 2. The van der Waals surface area contributed by atoms with Gasteiger partial charge in [0.1, 0.15) is 23.0 Å². The summed E-state index contributed by atoms with van der Waals surface area (Å²) in [6.07, 6.45) is 0. The molecular weight excluding hydrogens is 296 g/mol. The van der Waals surface area contributed by atoms with Crippen molar-refractivity contribution in [1.29, 1.82) is 0 Å². The third-order valence-corrected chi connectivity index (χ3v) is 2.74. The van der Waals surface area contributed by atoms with Crippen LogP contribution in [0.1, 0.15) is 27.7 Å². The molecule has 23 heavy (non-hydrogen) atoms. The van der Waals surface area contributed by atoms with Gasteiger partial charge in [0.2, 0.25) is 0 Å². The molecule has 0 atom stereocenters. The van der Waals surface area contributed by atoms with Gasteiger partial charge in [-0.15, -0.1) is 0 Å². The molecule has 0 saturated carbocycles. The van der Waals surface area contributed by atoms with Gasteiger partial charge in [-0.2, -0.15) is 0 Å². The number of rotatable bonds is 6. The summed E-state index contributed by atoms with van der Waals surface area (Å²) < 4.78 is 15.7. The minimum absolute atomic E-state index is 0.306. The molecule has 0 saturated heterocycles. The van der Waals surface area contributed by atoms with E-state index in [9.17, 15) is 9.59 Å². The quantitative estimate of drug-likeness (QED) is 0.344. The van der Waals surface area contributed by atoms with E-state index < -0.39 is 11.9 Å². The van der Waals surface area contributed by atoms with Crippen molar-refractivity contribution >= 4 is 11.9 Å². The lowest BCUT2D eigenvalue weighted by atomic mass is 10.3. The minimum atomic E-state index is -0.507. The second kappa shape index (κ2) is 7.98. The maximum Gasteiger partial charge on any atom is 0.338 e. The van der Waals surface area contributed by atoms with E-state index in [4.69, 9.17) is 14.2 Å². The van der Waals surface area contributed by atoms with Crippen LogP contribution in [0.15, 0.2) is 60.1 Å². The summed E-state index contributed by atoms with van der Waals surface area (Å²) in [6.45, 7) is 13.5. The highest BCUT2D eigenvalue weighted by atomic mass is 16.6. The van der Waals surface area contributed by atoms with E-state index in [0.717, 1.165) is 0 Å². The number of hydrogen-bond donors (Lipinski definition) is 0. The second-order valence-electron chi connectivity index (χ2n) is 5.03. The van der Waals surface area contributed by atoms with Crippen molar-refractivity contribution in [3.05, 3.63) is 60.1 Å². The van der Waals surface area contributed by atoms with E-state index in [1.54, 1.807) is 52.0 Å². The van der Waals surface area contributed by atoms with Gasteiger partial charge >= 0.3 is 11.9 Å². The topological polar surface area (TPSA) is 61.8 Å². The van der Waals surface area contributed by atoms with Crippen molar-refractivity contribution in [2.24, 2.45) is 0 Å². The molecule has 1 aromatic rings. The van der Waals surface area contributed by atoms with Crippen LogP contribution in [-0.4, -0.2) is 11.9 Å². The van der Waals surface area contributed by atoms with E-state index in [1.165, 1.54) is 0 Å². The Balaban J connectivity index is 2.74. The summed E-state index contributed by atoms with van der Waals surface area (Å²) in [6, 6.07) is 6.47. The molecule has 0 aromatic heterocycles. The normalized spacial score (nSPS) is 11.1. The Morgan fingerprint density at radius 3 is 1.61 bits per heavy atom. The summed E-state index contributed by atoms with van der Waals surface area (Å²) in [4.78, 5) is 22.9. The second-order valence-corrected chi connectivity index (χ2v) is 5.03. The fourth-order valence-electron chi connectivity index (χ4n) is 1.32. The zero-order chi connectivity index (χ0) is 17.6. The van der Waals surface area contributed by atoms with E-state index in [1.807, 2.05) is 0 Å². The molecule has 1 aromatic carbocycles. The molecule has 0 amide bonds. The van der Waals surface area contributed by atoms with Gasteiger partial charge in [0, 0.05) is 11.1 Å². The largest absolute Gasteiger partial charge is 0.459 e. The molecular formula is C18H20O5. The van der Waals surface area contributed by atoms with Crippen LogP contribution in [0, 0.1) is 0 Å². The molecule has 0 aliphatic carbocycles. The van der Waals surface area contributed by atoms with E-state index >= 15 is 0 Å². The predicted octanol–water partition coefficient (Wildman–Crippen LogP) is 3.92. The molecule has 5 heteroatoms. The highest BCUT2D eigenvalue weighted by Gasteiger charge is 2.09. The van der Waals surface area contributed by atoms with Crippen molar-refractivity contribution in [2.75, 3.05) is 0 Å². The average Bonchev–Trinajstić information content (AvgIpc) is 2.48. The summed E-state index contributed by atoms with van der Waals surface area (Å²) in [5, 5.41) is 0. The maximum atomic E-state index is 11.4. The lowest BCUT2D eigenvalue weighted by Gasteiger charge is -2.11. The number of allylic oxidation sites excluding steroid dienone is 2. The molecule has 0 spiro atoms. The van der Waals surface area contributed by atoms with Crippen molar-refractivity contribution in [3.63, 3.8) is 0 Å². The van der Waals surface area contributed by atoms with Crippen LogP contribution in [-0.2, 0) is 14.3 Å². The molecule has 0 aliphatic heterocycles. The Kier molecular flexibility index (Phi) is 6.33. The molecule has 0 bridgehead atoms. The summed E-state index contributed by atoms with van der Waals surface area (Å²) in [7, 11) is 0. The smallest absolute Gasteiger partial charge is 0.338 e. The number of esters is 2. The summed E-state index contributed by atoms with van der Waals surface area (Å²) in [5.41, 5.74) is 0.625. The van der Waals surface area contributed by atoms with Gasteiger partial charge in [-0.05, 0) is 52.0 Å². The molecule has 122 valence electrons. The van der Waals surface area contributed by atoms with Gasteiger partial charge in [0.05, 0.1) is 0 Å². The third-order valence-electron chi connectivity index (χ3n) is 2.74. The monoisotopic (exact) mass is 316 g/mol. The molecule has 0 heterocycles. The standard InChI is InChI=1S/C18H20O5/c1-11(2)17(19)22-14(6)13(5)21-15-7-9-16(10-8-15)23-18(20)12(3)4/h7-10H,1,3H2,2,4-6H3/b14-13+. The number of carbonyl (C=O) groups is 2. The molecule has 0 aliphatic rings. The first-order valence-electron chi connectivity index (χ1n) is 6.91. The van der Waals surface area contributed by atoms with Crippen molar-refractivity contribution < 1.29 is 23.8 Å². The zero-order valence-corrected chi connectivity index (χ0v) is 13.8. The Hall–Kier alpha value is -2.82. The highest BCUT2D eigenvalue weighted by molar-refractivity contribution is 5.88. The molecule has 1 rings (SSSR count). The Morgan fingerprint density at radius 1 is 0.739 bits per heavy atom. The molecule has 0 unspecified atom stereocenters. The number of ether oxygens (including phenoxy) is 3. The maximum absolute atomic E-state index is 11.4. The average molecular weight is 316 g/mol. The molecule has 0 N–H and O–H groups in total. The Bertz CT molecular complexity index is 665. The van der Waals surface area contributed by atoms with Gasteiger partial charge < -0.3 is 14.2 Å². The van der Waals surface area contributed by atoms with Crippen LogP contribution in [0.5, 0.6) is 11.5 Å². The van der Waals surface area contributed by atoms with E-state index in [-0.39, 0.29) is 0 Å². The molecule has 0 fully saturated rings. The SMILES string of the molecule is C=C(C)C(=O)O/C(C)=C(\C)Oc1ccc(OC(=O)C(=C)C)cc1. The van der Waals surface area contributed by atoms with Gasteiger partial charge in [-0.25, -0.2) is 9.59 Å². The highest BCUT2D eigenvalue weighted by Crippen LogP contribution is 2.21. The Morgan fingerprint density at radius 2 is 1.17 bits per heavy atom. The molecule has 5 nitrogen and oxygen atoms in total. The minimum Gasteiger partial charge on any atom is -0.459 e. The van der Waals surface area contributed by atoms with Gasteiger partial charge in [0.25, 0.3) is 0 Å². The van der Waals surface area contributed by atoms with Crippen molar-refractivity contribution in [3.8, 4) is 11.5 Å². The van der Waals surface area contributed by atoms with Crippen molar-refractivity contribution in [1.82, 2.24) is 0 Å². The Labute approximate surface area is 135 Å². The predicted molar refractivity (Wildman–Crippen MR) is 86.8 cm³/mol. The summed E-state index contributed by atoms with van der Waals surface area (Å²) >= 11 is 0. The lowest BCUT2D eigenvalue weighted by Crippen LogP contribution is -2.08. The van der Waals surface area contributed by atoms with Gasteiger partial charge in [0.15, 0.2) is 0 Å². The lowest BCUT2D eigenvalue weighted by molar-refractivity contribution is -0.135. The fraction of sp³-hybridized carbons (Fsp3) is 0.222. The number of benzene rings is 1. The first kappa shape index (κ1) is 18.2. The van der Waals surface area contributed by atoms with Gasteiger partial charge in [-0.3, -0.25) is 0 Å². The molecule has 0 radical (unpaired) electrons. The van der Waals surface area contributed by atoms with Crippen LogP contribution >= 0.6 is 0 Å². The number of hydrogen-bond acceptors (Lipinski definition) is 5. The fourth-order valence-corrected chi connectivity index (χ4v) is 1.32. The third kappa shape index (κ3) is 5.82. The van der Waals surface area contributed by atoms with Crippen LogP contribution in [0.25, 0.3) is 0 Å². The first-order chi connectivity index (χ1) is 10.7. The van der Waals surface area contributed by atoms with E-state index in [0.29, 0.717) is 34.2 Å². The van der Waals surface area contributed by atoms with Gasteiger partial charge in [-0.1, -0.05) is 13.2 Å². The summed E-state index contributed by atoms with van der Waals surface area (Å²) in [5.74, 6) is 0.688. The zero-order valence-electron chi connectivity index (χ0n) is 13.8. The van der Waals surface area contributed by atoms with Crippen molar-refractivity contribution in [2.45, 2.75) is 27.7 Å². The van der Waals surface area contributed by atoms with Crippen LogP contribution in [0.2, 0.25) is 0 Å². The van der Waals surface area contributed by atoms with E-state index in [2.05, 4.69) is 13.2 Å².